The number of rotatable bonds is 1. The molecule has 1 fully saturated rings. The van der Waals surface area contributed by atoms with Crippen molar-refractivity contribution in [3.63, 3.8) is 0 Å². The summed E-state index contributed by atoms with van der Waals surface area (Å²) >= 11 is 6.18. The molecule has 1 aromatic heterocycles. The molecule has 1 aromatic carbocycles. The number of halogens is 1. The van der Waals surface area contributed by atoms with Gasteiger partial charge in [-0.2, -0.15) is 0 Å². The first-order chi connectivity index (χ1) is 9.15. The summed E-state index contributed by atoms with van der Waals surface area (Å²) in [5, 5.41) is 11.3. The SMILES string of the molecule is Cc1nc2cccc(C3CCC(Cl)CC3)c2cc1O. The van der Waals surface area contributed by atoms with Gasteiger partial charge in [-0.05, 0) is 56.2 Å². The third-order valence-electron chi connectivity index (χ3n) is 4.15. The van der Waals surface area contributed by atoms with E-state index in [1.807, 2.05) is 19.1 Å². The summed E-state index contributed by atoms with van der Waals surface area (Å²) in [6.45, 7) is 1.83. The molecule has 0 radical (unpaired) electrons. The Labute approximate surface area is 118 Å². The van der Waals surface area contributed by atoms with Crippen molar-refractivity contribution in [1.82, 2.24) is 4.98 Å². The predicted molar refractivity (Wildman–Crippen MR) is 79.0 cm³/mol. The number of nitrogens with zero attached hydrogens (tertiary/aromatic N) is 1. The Morgan fingerprint density at radius 1 is 1.21 bits per heavy atom. The van der Waals surface area contributed by atoms with E-state index in [1.165, 1.54) is 5.56 Å². The van der Waals surface area contributed by atoms with Crippen molar-refractivity contribution in [3.8, 4) is 5.75 Å². The van der Waals surface area contributed by atoms with E-state index in [4.69, 9.17) is 11.6 Å². The minimum Gasteiger partial charge on any atom is -0.506 e. The summed E-state index contributed by atoms with van der Waals surface area (Å²) < 4.78 is 0. The van der Waals surface area contributed by atoms with Gasteiger partial charge in [0.05, 0.1) is 11.2 Å². The monoisotopic (exact) mass is 275 g/mol. The Morgan fingerprint density at radius 2 is 1.95 bits per heavy atom. The largest absolute Gasteiger partial charge is 0.506 e. The topological polar surface area (TPSA) is 33.1 Å². The lowest BCUT2D eigenvalue weighted by atomic mass is 9.82. The van der Waals surface area contributed by atoms with Gasteiger partial charge in [0, 0.05) is 10.8 Å². The van der Waals surface area contributed by atoms with Crippen LogP contribution in [-0.4, -0.2) is 15.5 Å². The van der Waals surface area contributed by atoms with Crippen LogP contribution in [-0.2, 0) is 0 Å². The van der Waals surface area contributed by atoms with Crippen molar-refractivity contribution in [2.75, 3.05) is 0 Å². The van der Waals surface area contributed by atoms with E-state index in [-0.39, 0.29) is 5.75 Å². The molecule has 1 N–H and O–H groups in total. The van der Waals surface area contributed by atoms with Crippen LogP contribution >= 0.6 is 11.6 Å². The normalized spacial score (nSPS) is 23.7. The van der Waals surface area contributed by atoms with Crippen molar-refractivity contribution < 1.29 is 5.11 Å². The maximum Gasteiger partial charge on any atom is 0.137 e. The highest BCUT2D eigenvalue weighted by Gasteiger charge is 2.22. The van der Waals surface area contributed by atoms with E-state index in [2.05, 4.69) is 17.1 Å². The molecule has 2 aromatic rings. The van der Waals surface area contributed by atoms with E-state index < -0.39 is 0 Å². The molecule has 1 aliphatic rings. The molecule has 0 atom stereocenters. The molecule has 2 nitrogen and oxygen atoms in total. The van der Waals surface area contributed by atoms with Gasteiger partial charge in [-0.15, -0.1) is 11.6 Å². The lowest BCUT2D eigenvalue weighted by Gasteiger charge is -2.26. The zero-order chi connectivity index (χ0) is 13.4. The zero-order valence-corrected chi connectivity index (χ0v) is 11.8. The summed E-state index contributed by atoms with van der Waals surface area (Å²) in [5.74, 6) is 0.827. The first-order valence-corrected chi connectivity index (χ1v) is 7.32. The number of hydrogen-bond donors (Lipinski definition) is 1. The highest BCUT2D eigenvalue weighted by Crippen LogP contribution is 2.38. The van der Waals surface area contributed by atoms with Crippen LogP contribution in [0.1, 0.15) is 42.9 Å². The van der Waals surface area contributed by atoms with Gasteiger partial charge < -0.3 is 5.11 Å². The fraction of sp³-hybridized carbons (Fsp3) is 0.438. The second-order valence-corrected chi connectivity index (χ2v) is 6.07. The quantitative estimate of drug-likeness (QED) is 0.777. The smallest absolute Gasteiger partial charge is 0.137 e. The number of fused-ring (bicyclic) bond motifs is 1. The van der Waals surface area contributed by atoms with Gasteiger partial charge >= 0.3 is 0 Å². The van der Waals surface area contributed by atoms with Crippen LogP contribution in [0.4, 0.5) is 0 Å². The maximum atomic E-state index is 9.90. The van der Waals surface area contributed by atoms with Gasteiger partial charge in [0.1, 0.15) is 5.75 Å². The molecule has 0 bridgehead atoms. The highest BCUT2D eigenvalue weighted by molar-refractivity contribution is 6.20. The van der Waals surface area contributed by atoms with Gasteiger partial charge in [-0.25, -0.2) is 4.98 Å². The summed E-state index contributed by atoms with van der Waals surface area (Å²) in [6, 6.07) is 8.10. The first kappa shape index (κ1) is 12.7. The molecule has 1 aliphatic carbocycles. The van der Waals surface area contributed by atoms with Crippen molar-refractivity contribution in [1.29, 1.82) is 0 Å². The van der Waals surface area contributed by atoms with E-state index in [1.54, 1.807) is 0 Å². The number of aryl methyl sites for hydroxylation is 1. The Hall–Kier alpha value is -1.28. The van der Waals surface area contributed by atoms with Crippen LogP contribution in [0.2, 0.25) is 0 Å². The van der Waals surface area contributed by atoms with Gasteiger partial charge in [-0.3, -0.25) is 0 Å². The Morgan fingerprint density at radius 3 is 2.68 bits per heavy atom. The lowest BCUT2D eigenvalue weighted by molar-refractivity contribution is 0.450. The number of benzene rings is 1. The summed E-state index contributed by atoms with van der Waals surface area (Å²) in [5.41, 5.74) is 2.97. The molecule has 0 saturated heterocycles. The Bertz CT molecular complexity index is 603. The highest BCUT2D eigenvalue weighted by atomic mass is 35.5. The molecular formula is C16H18ClNO. The number of pyridine rings is 1. The lowest BCUT2D eigenvalue weighted by Crippen LogP contribution is -2.13. The molecule has 100 valence electrons. The molecular weight excluding hydrogens is 258 g/mol. The number of alkyl halides is 1. The zero-order valence-electron chi connectivity index (χ0n) is 11.1. The predicted octanol–water partition coefficient (Wildman–Crippen LogP) is 4.51. The van der Waals surface area contributed by atoms with Crippen molar-refractivity contribution in [3.05, 3.63) is 35.5 Å². The van der Waals surface area contributed by atoms with E-state index >= 15 is 0 Å². The fourth-order valence-corrected chi connectivity index (χ4v) is 3.28. The average molecular weight is 276 g/mol. The van der Waals surface area contributed by atoms with Gasteiger partial charge in [0.2, 0.25) is 0 Å². The number of aromatic nitrogens is 1. The molecule has 3 rings (SSSR count). The second kappa shape index (κ2) is 5.01. The molecule has 0 spiro atoms. The molecule has 19 heavy (non-hydrogen) atoms. The van der Waals surface area contributed by atoms with Gasteiger partial charge in [-0.1, -0.05) is 12.1 Å². The number of aromatic hydroxyl groups is 1. The van der Waals surface area contributed by atoms with Crippen LogP contribution in [0.3, 0.4) is 0 Å². The average Bonchev–Trinajstić information content (AvgIpc) is 2.41. The standard InChI is InChI=1S/C16H18ClNO/c1-10-16(19)9-14-13(3-2-4-15(14)18-10)11-5-7-12(17)8-6-11/h2-4,9,11-12,19H,5-8H2,1H3. The van der Waals surface area contributed by atoms with E-state index in [0.29, 0.717) is 17.0 Å². The van der Waals surface area contributed by atoms with Crippen LogP contribution < -0.4 is 0 Å². The van der Waals surface area contributed by atoms with Crippen molar-refractivity contribution in [2.45, 2.75) is 43.9 Å². The first-order valence-electron chi connectivity index (χ1n) is 6.88. The molecule has 1 saturated carbocycles. The van der Waals surface area contributed by atoms with Crippen LogP contribution in [0.25, 0.3) is 10.9 Å². The molecule has 1 heterocycles. The molecule has 0 amide bonds. The third kappa shape index (κ3) is 2.42. The summed E-state index contributed by atoms with van der Waals surface area (Å²) in [4.78, 5) is 4.47. The van der Waals surface area contributed by atoms with Crippen LogP contribution in [0.5, 0.6) is 5.75 Å². The van der Waals surface area contributed by atoms with Crippen molar-refractivity contribution >= 4 is 22.5 Å². The molecule has 0 unspecified atom stereocenters. The van der Waals surface area contributed by atoms with Crippen molar-refractivity contribution in [2.24, 2.45) is 0 Å². The van der Waals surface area contributed by atoms with Gasteiger partial charge in [0.15, 0.2) is 0 Å². The van der Waals surface area contributed by atoms with Crippen LogP contribution in [0.15, 0.2) is 24.3 Å². The van der Waals surface area contributed by atoms with E-state index in [9.17, 15) is 5.11 Å². The second-order valence-electron chi connectivity index (χ2n) is 5.46. The fourth-order valence-electron chi connectivity index (χ4n) is 3.02. The molecule has 3 heteroatoms. The number of hydrogen-bond acceptors (Lipinski definition) is 2. The summed E-state index contributed by atoms with van der Waals surface area (Å²) in [7, 11) is 0. The Kier molecular flexibility index (Phi) is 3.36. The maximum absolute atomic E-state index is 9.90. The minimum absolute atomic E-state index is 0.283. The summed E-state index contributed by atoms with van der Waals surface area (Å²) in [6.07, 6.45) is 4.41. The van der Waals surface area contributed by atoms with E-state index in [0.717, 1.165) is 36.6 Å². The third-order valence-corrected chi connectivity index (χ3v) is 4.59. The van der Waals surface area contributed by atoms with Crippen LogP contribution in [0, 0.1) is 6.92 Å². The Balaban J connectivity index is 2.06. The minimum atomic E-state index is 0.283. The molecule has 0 aliphatic heterocycles. The van der Waals surface area contributed by atoms with Gasteiger partial charge in [0.25, 0.3) is 0 Å².